The molecule has 0 unspecified atom stereocenters. The zero-order valence-corrected chi connectivity index (χ0v) is 13.4. The molecule has 1 heterocycles. The van der Waals surface area contributed by atoms with E-state index < -0.39 is 29.7 Å². The van der Waals surface area contributed by atoms with E-state index in [-0.39, 0.29) is 5.56 Å². The summed E-state index contributed by atoms with van der Waals surface area (Å²) in [7, 11) is 0. The minimum atomic E-state index is -1.04. The summed E-state index contributed by atoms with van der Waals surface area (Å²) in [5.74, 6) is -3.07. The van der Waals surface area contributed by atoms with Crippen molar-refractivity contribution in [2.45, 2.75) is 13.0 Å². The quantitative estimate of drug-likeness (QED) is 0.665. The molecule has 3 rings (SSSR count). The van der Waals surface area contributed by atoms with Gasteiger partial charge in [0.2, 0.25) is 0 Å². The van der Waals surface area contributed by atoms with Gasteiger partial charge in [-0.15, -0.1) is 0 Å². The molecular formula is C18H16FN3O3. The van der Waals surface area contributed by atoms with Crippen molar-refractivity contribution in [2.75, 3.05) is 0 Å². The zero-order valence-electron chi connectivity index (χ0n) is 13.4. The third-order valence-electron chi connectivity index (χ3n) is 4.07. The van der Waals surface area contributed by atoms with E-state index in [0.29, 0.717) is 16.6 Å². The predicted molar refractivity (Wildman–Crippen MR) is 89.5 cm³/mol. The van der Waals surface area contributed by atoms with Crippen LogP contribution in [0.5, 0.6) is 0 Å². The van der Waals surface area contributed by atoms with Crippen LogP contribution in [0, 0.1) is 11.7 Å². The van der Waals surface area contributed by atoms with Crippen LogP contribution in [0.25, 0.3) is 11.0 Å². The first-order valence-electron chi connectivity index (χ1n) is 7.68. The highest BCUT2D eigenvalue weighted by Crippen LogP contribution is 2.24. The number of carboxylic acid groups (broad SMARTS) is 1. The standard InChI is InChI=1S/C18H16FN3O3/c1-10(18(24)25)15(11-5-3-2-4-6-11)22-17(23)13-7-12(19)8-14-16(13)21-9-20-14/h2-10,15H,1H3,(H,20,21)(H,22,23)(H,24,25)/t10-,15+/m1/s1. The van der Waals surface area contributed by atoms with Gasteiger partial charge in [0.1, 0.15) is 11.3 Å². The number of hydrogen-bond acceptors (Lipinski definition) is 3. The highest BCUT2D eigenvalue weighted by atomic mass is 19.1. The summed E-state index contributed by atoms with van der Waals surface area (Å²) in [6.07, 6.45) is 1.37. The molecule has 0 saturated heterocycles. The van der Waals surface area contributed by atoms with Crippen LogP contribution in [0.15, 0.2) is 48.8 Å². The summed E-state index contributed by atoms with van der Waals surface area (Å²) >= 11 is 0. The largest absolute Gasteiger partial charge is 0.481 e. The molecule has 0 aliphatic carbocycles. The number of imidazole rings is 1. The first-order valence-corrected chi connectivity index (χ1v) is 7.68. The number of carboxylic acids is 1. The fourth-order valence-corrected chi connectivity index (χ4v) is 2.71. The molecule has 0 radical (unpaired) electrons. The Bertz CT molecular complexity index is 924. The molecule has 0 bridgehead atoms. The number of H-pyrrole nitrogens is 1. The summed E-state index contributed by atoms with van der Waals surface area (Å²) < 4.78 is 13.8. The maximum atomic E-state index is 13.8. The van der Waals surface area contributed by atoms with Crippen LogP contribution in [-0.4, -0.2) is 27.0 Å². The molecule has 1 amide bonds. The third-order valence-corrected chi connectivity index (χ3v) is 4.07. The Morgan fingerprint density at radius 1 is 1.24 bits per heavy atom. The van der Waals surface area contributed by atoms with Crippen LogP contribution in [0.4, 0.5) is 4.39 Å². The lowest BCUT2D eigenvalue weighted by Crippen LogP contribution is -2.35. The van der Waals surface area contributed by atoms with E-state index in [2.05, 4.69) is 15.3 Å². The molecule has 0 fully saturated rings. The van der Waals surface area contributed by atoms with Gasteiger partial charge in [-0.05, 0) is 24.6 Å². The molecule has 2 atom stereocenters. The maximum absolute atomic E-state index is 13.8. The summed E-state index contributed by atoms with van der Waals surface area (Å²) in [4.78, 5) is 30.9. The van der Waals surface area contributed by atoms with E-state index in [0.717, 1.165) is 6.07 Å². The van der Waals surface area contributed by atoms with Gasteiger partial charge in [-0.2, -0.15) is 0 Å². The molecule has 25 heavy (non-hydrogen) atoms. The van der Waals surface area contributed by atoms with Gasteiger partial charge >= 0.3 is 5.97 Å². The van der Waals surface area contributed by atoms with Gasteiger partial charge < -0.3 is 15.4 Å². The van der Waals surface area contributed by atoms with Crippen LogP contribution in [-0.2, 0) is 4.79 Å². The zero-order chi connectivity index (χ0) is 18.0. The highest BCUT2D eigenvalue weighted by molar-refractivity contribution is 6.05. The predicted octanol–water partition coefficient (Wildman–Crippen LogP) is 2.89. The number of amides is 1. The lowest BCUT2D eigenvalue weighted by Gasteiger charge is -2.23. The second-order valence-corrected chi connectivity index (χ2v) is 5.74. The lowest BCUT2D eigenvalue weighted by atomic mass is 9.94. The van der Waals surface area contributed by atoms with Gasteiger partial charge in [-0.25, -0.2) is 9.37 Å². The molecular weight excluding hydrogens is 325 g/mol. The van der Waals surface area contributed by atoms with Crippen molar-refractivity contribution in [1.82, 2.24) is 15.3 Å². The number of carbonyl (C=O) groups is 2. The average molecular weight is 341 g/mol. The second-order valence-electron chi connectivity index (χ2n) is 5.74. The maximum Gasteiger partial charge on any atom is 0.308 e. The fourth-order valence-electron chi connectivity index (χ4n) is 2.71. The summed E-state index contributed by atoms with van der Waals surface area (Å²) in [5.41, 5.74) is 1.43. The number of nitrogens with one attached hydrogen (secondary N) is 2. The Morgan fingerprint density at radius 3 is 2.64 bits per heavy atom. The Morgan fingerprint density at radius 2 is 1.96 bits per heavy atom. The van der Waals surface area contributed by atoms with E-state index >= 15 is 0 Å². The van der Waals surface area contributed by atoms with Crippen molar-refractivity contribution >= 4 is 22.9 Å². The monoisotopic (exact) mass is 341 g/mol. The van der Waals surface area contributed by atoms with Crippen LogP contribution in [0.1, 0.15) is 28.9 Å². The minimum Gasteiger partial charge on any atom is -0.481 e. The Hall–Kier alpha value is -3.22. The van der Waals surface area contributed by atoms with Gasteiger partial charge in [0, 0.05) is 0 Å². The van der Waals surface area contributed by atoms with Crippen molar-refractivity contribution in [3.63, 3.8) is 0 Å². The van der Waals surface area contributed by atoms with Gasteiger partial charge in [0.15, 0.2) is 0 Å². The Kier molecular flexibility index (Phi) is 4.47. The van der Waals surface area contributed by atoms with Crippen LogP contribution in [0.2, 0.25) is 0 Å². The first-order chi connectivity index (χ1) is 12.0. The normalized spacial score (nSPS) is 13.4. The number of nitrogens with zero attached hydrogens (tertiary/aromatic N) is 1. The molecule has 0 spiro atoms. The number of halogens is 1. The van der Waals surface area contributed by atoms with Crippen LogP contribution < -0.4 is 5.32 Å². The molecule has 0 aliphatic heterocycles. The molecule has 7 heteroatoms. The average Bonchev–Trinajstić information content (AvgIpc) is 3.07. The van der Waals surface area contributed by atoms with Gasteiger partial charge in [0.05, 0.1) is 29.4 Å². The molecule has 3 N–H and O–H groups in total. The molecule has 2 aromatic carbocycles. The van der Waals surface area contributed by atoms with E-state index in [9.17, 15) is 19.1 Å². The number of benzene rings is 2. The lowest BCUT2D eigenvalue weighted by molar-refractivity contribution is -0.142. The SMILES string of the molecule is C[C@@H](C(=O)O)[C@H](NC(=O)c1cc(F)cc2[nH]cnc12)c1ccccc1. The fraction of sp³-hybridized carbons (Fsp3) is 0.167. The number of aromatic amines is 1. The van der Waals surface area contributed by atoms with Gasteiger partial charge in [0.25, 0.3) is 5.91 Å². The van der Waals surface area contributed by atoms with E-state index in [1.165, 1.54) is 19.3 Å². The molecule has 3 aromatic rings. The topological polar surface area (TPSA) is 95.1 Å². The minimum absolute atomic E-state index is 0.0507. The second kappa shape index (κ2) is 6.72. The van der Waals surface area contributed by atoms with Gasteiger partial charge in [-0.1, -0.05) is 30.3 Å². The Balaban J connectivity index is 1.97. The Labute approximate surface area is 142 Å². The van der Waals surface area contributed by atoms with Crippen LogP contribution in [0.3, 0.4) is 0 Å². The summed E-state index contributed by atoms with van der Waals surface area (Å²) in [6.45, 7) is 1.51. The molecule has 1 aromatic heterocycles. The number of hydrogen-bond donors (Lipinski definition) is 3. The van der Waals surface area contributed by atoms with Crippen molar-refractivity contribution < 1.29 is 19.1 Å². The van der Waals surface area contributed by atoms with Crippen molar-refractivity contribution in [1.29, 1.82) is 0 Å². The smallest absolute Gasteiger partial charge is 0.308 e. The van der Waals surface area contributed by atoms with E-state index in [1.54, 1.807) is 30.3 Å². The van der Waals surface area contributed by atoms with Gasteiger partial charge in [-0.3, -0.25) is 9.59 Å². The molecule has 0 aliphatic rings. The number of rotatable bonds is 5. The van der Waals surface area contributed by atoms with Crippen LogP contribution >= 0.6 is 0 Å². The number of fused-ring (bicyclic) bond motifs is 1. The van der Waals surface area contributed by atoms with E-state index in [4.69, 9.17) is 0 Å². The van der Waals surface area contributed by atoms with Crippen molar-refractivity contribution in [3.8, 4) is 0 Å². The molecule has 0 saturated carbocycles. The number of aliphatic carboxylic acids is 1. The summed E-state index contributed by atoms with van der Waals surface area (Å²) in [5, 5.41) is 12.1. The van der Waals surface area contributed by atoms with E-state index in [1.807, 2.05) is 0 Å². The molecule has 128 valence electrons. The first kappa shape index (κ1) is 16.6. The van der Waals surface area contributed by atoms with Crippen molar-refractivity contribution in [2.24, 2.45) is 5.92 Å². The summed E-state index contributed by atoms with van der Waals surface area (Å²) in [6, 6.07) is 10.4. The number of aromatic nitrogens is 2. The van der Waals surface area contributed by atoms with Crippen molar-refractivity contribution in [3.05, 3.63) is 65.7 Å². The highest BCUT2D eigenvalue weighted by Gasteiger charge is 2.28. The third kappa shape index (κ3) is 3.35. The molecule has 6 nitrogen and oxygen atoms in total. The number of carbonyl (C=O) groups excluding carboxylic acids is 1.